The number of rotatable bonds is 6. The third kappa shape index (κ3) is 4.92. The second-order valence-electron chi connectivity index (χ2n) is 5.34. The van der Waals surface area contributed by atoms with Gasteiger partial charge in [-0.1, -0.05) is 24.3 Å². The van der Waals surface area contributed by atoms with E-state index in [4.69, 9.17) is 11.0 Å². The van der Waals surface area contributed by atoms with Crippen molar-refractivity contribution in [3.8, 4) is 6.07 Å². The SMILES string of the molecule is N#Cc1cccc(C[C@H](NC(=O)Cc2ccc(F)cc2)C(N)=O)c1. The number of carbonyl (C=O) groups excluding carboxylic acids is 2. The molecule has 0 aromatic heterocycles. The van der Waals surface area contributed by atoms with Crippen LogP contribution in [0.15, 0.2) is 48.5 Å². The molecular formula is C18H16FN3O2. The Morgan fingerprint density at radius 2 is 1.88 bits per heavy atom. The molecule has 3 N–H and O–H groups in total. The van der Waals surface area contributed by atoms with E-state index in [-0.39, 0.29) is 24.6 Å². The Morgan fingerprint density at radius 1 is 1.17 bits per heavy atom. The summed E-state index contributed by atoms with van der Waals surface area (Å²) in [5.41, 5.74) is 7.16. The molecule has 2 aromatic rings. The van der Waals surface area contributed by atoms with E-state index < -0.39 is 11.9 Å². The van der Waals surface area contributed by atoms with Gasteiger partial charge in [0.25, 0.3) is 0 Å². The van der Waals surface area contributed by atoms with Gasteiger partial charge in [-0.15, -0.1) is 0 Å². The lowest BCUT2D eigenvalue weighted by molar-refractivity contribution is -0.127. The molecule has 0 spiro atoms. The topological polar surface area (TPSA) is 96.0 Å². The zero-order chi connectivity index (χ0) is 17.5. The molecule has 0 fully saturated rings. The van der Waals surface area contributed by atoms with Crippen LogP contribution >= 0.6 is 0 Å². The summed E-state index contributed by atoms with van der Waals surface area (Å²) in [6, 6.07) is 13.4. The fourth-order valence-electron chi connectivity index (χ4n) is 2.26. The molecule has 0 bridgehead atoms. The third-order valence-corrected chi connectivity index (χ3v) is 3.45. The minimum Gasteiger partial charge on any atom is -0.368 e. The van der Waals surface area contributed by atoms with Crippen molar-refractivity contribution in [1.29, 1.82) is 5.26 Å². The fraction of sp³-hybridized carbons (Fsp3) is 0.167. The van der Waals surface area contributed by atoms with Crippen molar-refractivity contribution >= 4 is 11.8 Å². The highest BCUT2D eigenvalue weighted by Crippen LogP contribution is 2.08. The van der Waals surface area contributed by atoms with Gasteiger partial charge >= 0.3 is 0 Å². The molecule has 0 saturated carbocycles. The first kappa shape index (κ1) is 17.2. The lowest BCUT2D eigenvalue weighted by Crippen LogP contribution is -2.46. The summed E-state index contributed by atoms with van der Waals surface area (Å²) < 4.78 is 12.9. The van der Waals surface area contributed by atoms with Crippen molar-refractivity contribution in [3.63, 3.8) is 0 Å². The number of hydrogen-bond donors (Lipinski definition) is 2. The zero-order valence-corrected chi connectivity index (χ0v) is 12.8. The van der Waals surface area contributed by atoms with Crippen LogP contribution in [0.3, 0.4) is 0 Å². The van der Waals surface area contributed by atoms with E-state index in [1.807, 2.05) is 6.07 Å². The van der Waals surface area contributed by atoms with E-state index in [1.165, 1.54) is 24.3 Å². The highest BCUT2D eigenvalue weighted by Gasteiger charge is 2.19. The molecule has 122 valence electrons. The fourth-order valence-corrected chi connectivity index (χ4v) is 2.26. The average Bonchev–Trinajstić information content (AvgIpc) is 2.56. The van der Waals surface area contributed by atoms with Gasteiger partial charge in [-0.3, -0.25) is 9.59 Å². The normalized spacial score (nSPS) is 11.3. The summed E-state index contributed by atoms with van der Waals surface area (Å²) in [5.74, 6) is -1.43. The van der Waals surface area contributed by atoms with Gasteiger partial charge in [0.1, 0.15) is 11.9 Å². The van der Waals surface area contributed by atoms with Gasteiger partial charge in [-0.25, -0.2) is 4.39 Å². The van der Waals surface area contributed by atoms with Gasteiger partial charge < -0.3 is 11.1 Å². The van der Waals surface area contributed by atoms with Crippen LogP contribution in [0.5, 0.6) is 0 Å². The Bertz CT molecular complexity index is 782. The maximum absolute atomic E-state index is 12.9. The summed E-state index contributed by atoms with van der Waals surface area (Å²) in [5, 5.41) is 11.5. The zero-order valence-electron chi connectivity index (χ0n) is 12.8. The van der Waals surface area contributed by atoms with Crippen molar-refractivity contribution in [3.05, 3.63) is 71.0 Å². The number of nitrogens with zero attached hydrogens (tertiary/aromatic N) is 1. The molecule has 0 aliphatic heterocycles. The van der Waals surface area contributed by atoms with E-state index in [1.54, 1.807) is 24.3 Å². The number of halogens is 1. The Labute approximate surface area is 138 Å². The van der Waals surface area contributed by atoms with Crippen molar-refractivity contribution in [2.75, 3.05) is 0 Å². The van der Waals surface area contributed by atoms with E-state index in [0.717, 1.165) is 5.56 Å². The summed E-state index contributed by atoms with van der Waals surface area (Å²) in [4.78, 5) is 23.6. The Kier molecular flexibility index (Phi) is 5.63. The van der Waals surface area contributed by atoms with Crippen LogP contribution in [0, 0.1) is 17.1 Å². The van der Waals surface area contributed by atoms with Crippen molar-refractivity contribution in [1.82, 2.24) is 5.32 Å². The lowest BCUT2D eigenvalue weighted by atomic mass is 10.0. The van der Waals surface area contributed by atoms with Gasteiger partial charge in [0.2, 0.25) is 11.8 Å². The minimum absolute atomic E-state index is 0.0162. The first-order valence-electron chi connectivity index (χ1n) is 7.30. The predicted octanol–water partition coefficient (Wildman–Crippen LogP) is 1.45. The quantitative estimate of drug-likeness (QED) is 0.841. The van der Waals surface area contributed by atoms with Crippen molar-refractivity contribution < 1.29 is 14.0 Å². The first-order chi connectivity index (χ1) is 11.5. The molecular weight excluding hydrogens is 309 g/mol. The molecule has 0 saturated heterocycles. The number of nitrogens with one attached hydrogen (secondary N) is 1. The lowest BCUT2D eigenvalue weighted by Gasteiger charge is -2.16. The highest BCUT2D eigenvalue weighted by molar-refractivity contribution is 5.87. The summed E-state index contributed by atoms with van der Waals surface area (Å²) in [6.45, 7) is 0. The molecule has 0 radical (unpaired) electrons. The molecule has 0 aliphatic rings. The van der Waals surface area contributed by atoms with Gasteiger partial charge in [-0.05, 0) is 35.4 Å². The molecule has 6 heteroatoms. The van der Waals surface area contributed by atoms with Crippen LogP contribution in [0.25, 0.3) is 0 Å². The van der Waals surface area contributed by atoms with Crippen LogP contribution in [-0.4, -0.2) is 17.9 Å². The van der Waals surface area contributed by atoms with Gasteiger partial charge in [0, 0.05) is 6.42 Å². The van der Waals surface area contributed by atoms with E-state index in [2.05, 4.69) is 5.32 Å². The van der Waals surface area contributed by atoms with Gasteiger partial charge in [0.15, 0.2) is 0 Å². The summed E-state index contributed by atoms with van der Waals surface area (Å²) >= 11 is 0. The van der Waals surface area contributed by atoms with Gasteiger partial charge in [-0.2, -0.15) is 5.26 Å². The van der Waals surface area contributed by atoms with Crippen molar-refractivity contribution in [2.24, 2.45) is 5.73 Å². The van der Waals surface area contributed by atoms with Crippen LogP contribution in [0.1, 0.15) is 16.7 Å². The number of hydrogen-bond acceptors (Lipinski definition) is 3. The number of nitriles is 1. The third-order valence-electron chi connectivity index (χ3n) is 3.45. The first-order valence-corrected chi connectivity index (χ1v) is 7.30. The number of carbonyl (C=O) groups is 2. The molecule has 0 aliphatic carbocycles. The molecule has 5 nitrogen and oxygen atoms in total. The molecule has 0 unspecified atom stereocenters. The van der Waals surface area contributed by atoms with Crippen LogP contribution in [0.2, 0.25) is 0 Å². The van der Waals surface area contributed by atoms with Crippen LogP contribution in [-0.2, 0) is 22.4 Å². The van der Waals surface area contributed by atoms with E-state index >= 15 is 0 Å². The van der Waals surface area contributed by atoms with Crippen LogP contribution < -0.4 is 11.1 Å². The molecule has 2 aromatic carbocycles. The number of primary amides is 1. The number of nitrogens with two attached hydrogens (primary N) is 1. The molecule has 2 rings (SSSR count). The molecule has 0 heterocycles. The monoisotopic (exact) mass is 325 g/mol. The van der Waals surface area contributed by atoms with E-state index in [0.29, 0.717) is 11.1 Å². The standard InChI is InChI=1S/C18H16FN3O2/c19-15-6-4-12(5-7-15)10-17(23)22-16(18(21)24)9-13-2-1-3-14(8-13)11-20/h1-8,16H,9-10H2,(H2,21,24)(H,22,23)/t16-/m0/s1. The maximum atomic E-state index is 12.9. The Balaban J connectivity index is 2.02. The smallest absolute Gasteiger partial charge is 0.240 e. The summed E-state index contributed by atoms with van der Waals surface area (Å²) in [7, 11) is 0. The van der Waals surface area contributed by atoms with Gasteiger partial charge in [0.05, 0.1) is 18.1 Å². The Morgan fingerprint density at radius 3 is 2.50 bits per heavy atom. The predicted molar refractivity (Wildman–Crippen MR) is 86.1 cm³/mol. The van der Waals surface area contributed by atoms with Crippen molar-refractivity contribution in [2.45, 2.75) is 18.9 Å². The number of amides is 2. The van der Waals surface area contributed by atoms with Crippen LogP contribution in [0.4, 0.5) is 4.39 Å². The minimum atomic E-state index is -0.883. The average molecular weight is 325 g/mol. The molecule has 24 heavy (non-hydrogen) atoms. The second kappa shape index (κ2) is 7.88. The highest BCUT2D eigenvalue weighted by atomic mass is 19.1. The molecule has 2 amide bonds. The maximum Gasteiger partial charge on any atom is 0.240 e. The Hall–Kier alpha value is -3.20. The van der Waals surface area contributed by atoms with E-state index in [9.17, 15) is 14.0 Å². The molecule has 1 atom stereocenters. The largest absolute Gasteiger partial charge is 0.368 e. The second-order valence-corrected chi connectivity index (χ2v) is 5.34. The summed E-state index contributed by atoms with van der Waals surface area (Å²) in [6.07, 6.45) is 0.211. The number of benzene rings is 2.